The highest BCUT2D eigenvalue weighted by atomic mass is 35.5. The lowest BCUT2D eigenvalue weighted by Gasteiger charge is -2.53. The van der Waals surface area contributed by atoms with Gasteiger partial charge in [-0.15, -0.1) is 0 Å². The van der Waals surface area contributed by atoms with Crippen molar-refractivity contribution in [3.05, 3.63) is 69.7 Å². The molecule has 0 aromatic heterocycles. The average Bonchev–Trinajstić information content (AvgIpc) is 3.79. The Morgan fingerprint density at radius 1 is 1.08 bits per heavy atom. The van der Waals surface area contributed by atoms with Crippen molar-refractivity contribution in [3.63, 3.8) is 0 Å². The van der Waals surface area contributed by atoms with Crippen molar-refractivity contribution in [2.24, 2.45) is 16.5 Å². The zero-order chi connectivity index (χ0) is 27.3. The summed E-state index contributed by atoms with van der Waals surface area (Å²) in [4.78, 5) is 28.5. The Hall–Kier alpha value is -1.93. The van der Waals surface area contributed by atoms with E-state index in [0.29, 0.717) is 42.1 Å². The number of likely N-dealkylation sites (tertiary alicyclic amines) is 1. The van der Waals surface area contributed by atoms with Crippen LogP contribution in [0.3, 0.4) is 0 Å². The van der Waals surface area contributed by atoms with Crippen LogP contribution in [-0.4, -0.2) is 36.3 Å². The summed E-state index contributed by atoms with van der Waals surface area (Å²) in [6.07, 6.45) is 5.13. The number of hydrogen-bond donors (Lipinski definition) is 1. The molecule has 2 aromatic rings. The van der Waals surface area contributed by atoms with Gasteiger partial charge in [-0.2, -0.15) is 0 Å². The van der Waals surface area contributed by atoms with Gasteiger partial charge in [0.1, 0.15) is 6.29 Å². The minimum atomic E-state index is -3.78. The Bertz CT molecular complexity index is 1320. The number of rotatable bonds is 10. The first-order valence-electron chi connectivity index (χ1n) is 13.3. The molecule has 1 saturated heterocycles. The van der Waals surface area contributed by atoms with Gasteiger partial charge in [0.25, 0.3) is 0 Å². The van der Waals surface area contributed by atoms with Crippen LogP contribution >= 0.6 is 23.2 Å². The largest absolute Gasteiger partial charge is 0.331 e. The van der Waals surface area contributed by atoms with Crippen molar-refractivity contribution in [2.75, 3.05) is 0 Å². The monoisotopic (exact) mass is 576 g/mol. The second-order valence-electron chi connectivity index (χ2n) is 11.4. The standard InChI is InChI=1S/C29H34Cl2N2O4S/c1-2-28(14-15-34)17-24(21-4-3-5-23(31)16-21)26(20-8-10-22(30)11-9-20)33(27(28)35)25(19-6-7-19)18-29(12-13-29)38(32,36)37/h3-5,8-11,15-16,19,24-26H,2,6-7,12-14,17-18H2,1H3,(H2,32,36,37)/t24-,25+,26-,28+/m1/s1. The smallest absolute Gasteiger partial charge is 0.230 e. The molecule has 1 heterocycles. The van der Waals surface area contributed by atoms with Gasteiger partial charge in [0.05, 0.1) is 16.2 Å². The van der Waals surface area contributed by atoms with Crippen LogP contribution in [0, 0.1) is 11.3 Å². The number of halogens is 2. The van der Waals surface area contributed by atoms with Gasteiger partial charge in [0, 0.05) is 28.4 Å². The third-order valence-electron chi connectivity index (χ3n) is 9.13. The molecule has 38 heavy (non-hydrogen) atoms. The highest BCUT2D eigenvalue weighted by Gasteiger charge is 2.60. The van der Waals surface area contributed by atoms with E-state index in [1.54, 1.807) is 0 Å². The topological polar surface area (TPSA) is 97.5 Å². The maximum Gasteiger partial charge on any atom is 0.230 e. The second kappa shape index (κ2) is 10.2. The van der Waals surface area contributed by atoms with E-state index < -0.39 is 20.2 Å². The first-order valence-corrected chi connectivity index (χ1v) is 15.6. The zero-order valence-corrected chi connectivity index (χ0v) is 23.8. The van der Waals surface area contributed by atoms with Crippen molar-refractivity contribution < 1.29 is 18.0 Å². The summed E-state index contributed by atoms with van der Waals surface area (Å²) >= 11 is 12.7. The molecule has 9 heteroatoms. The van der Waals surface area contributed by atoms with Gasteiger partial charge in [0.2, 0.25) is 15.9 Å². The molecule has 3 fully saturated rings. The number of sulfonamides is 1. The number of nitrogens with two attached hydrogens (primary N) is 1. The molecule has 5 rings (SSSR count). The van der Waals surface area contributed by atoms with E-state index in [-0.39, 0.29) is 36.2 Å². The lowest BCUT2D eigenvalue weighted by Crippen LogP contribution is -2.58. The van der Waals surface area contributed by atoms with Crippen LogP contribution in [0.25, 0.3) is 0 Å². The number of primary sulfonamides is 1. The first-order chi connectivity index (χ1) is 18.0. The predicted octanol–water partition coefficient (Wildman–Crippen LogP) is 6.03. The van der Waals surface area contributed by atoms with E-state index in [1.165, 1.54) is 0 Å². The summed E-state index contributed by atoms with van der Waals surface area (Å²) in [6.45, 7) is 1.95. The van der Waals surface area contributed by atoms with E-state index in [0.717, 1.165) is 30.3 Å². The fourth-order valence-corrected chi connectivity index (χ4v) is 7.93. The number of carbonyl (C=O) groups is 2. The molecule has 0 spiro atoms. The van der Waals surface area contributed by atoms with Gasteiger partial charge >= 0.3 is 0 Å². The van der Waals surface area contributed by atoms with Gasteiger partial charge in [-0.3, -0.25) is 4.79 Å². The van der Waals surface area contributed by atoms with E-state index >= 15 is 0 Å². The Kier molecular flexibility index (Phi) is 7.44. The van der Waals surface area contributed by atoms with Crippen LogP contribution in [0.2, 0.25) is 10.0 Å². The quantitative estimate of drug-likeness (QED) is 0.349. The van der Waals surface area contributed by atoms with Crippen molar-refractivity contribution in [3.8, 4) is 0 Å². The fourth-order valence-electron chi connectivity index (χ4n) is 6.53. The number of piperidine rings is 1. The van der Waals surface area contributed by atoms with Crippen LogP contribution in [0.15, 0.2) is 48.5 Å². The SMILES string of the molecule is CC[C@]1(CC=O)C[C@H](c2cccc(Cl)c2)[C@@H](c2ccc(Cl)cc2)N([C@@H](CC2(S(N)(=O)=O)CC2)C2CC2)C1=O. The Morgan fingerprint density at radius 2 is 1.76 bits per heavy atom. The number of aldehydes is 1. The van der Waals surface area contributed by atoms with Crippen molar-refractivity contribution >= 4 is 45.4 Å². The van der Waals surface area contributed by atoms with Crippen LogP contribution in [0.5, 0.6) is 0 Å². The summed E-state index contributed by atoms with van der Waals surface area (Å²) in [7, 11) is -3.78. The molecule has 0 radical (unpaired) electrons. The van der Waals surface area contributed by atoms with Gasteiger partial charge in [-0.1, -0.05) is 54.4 Å². The van der Waals surface area contributed by atoms with Gasteiger partial charge < -0.3 is 9.69 Å². The molecule has 2 N–H and O–H groups in total. The number of amides is 1. The molecule has 4 atom stereocenters. The van der Waals surface area contributed by atoms with E-state index in [9.17, 15) is 18.0 Å². The van der Waals surface area contributed by atoms with E-state index in [2.05, 4.69) is 0 Å². The molecule has 6 nitrogen and oxygen atoms in total. The minimum Gasteiger partial charge on any atom is -0.331 e. The average molecular weight is 578 g/mol. The molecule has 204 valence electrons. The van der Waals surface area contributed by atoms with Crippen LogP contribution < -0.4 is 5.14 Å². The third-order valence-corrected chi connectivity index (χ3v) is 11.4. The number of carbonyl (C=O) groups excluding carboxylic acids is 2. The van der Waals surface area contributed by atoms with Crippen molar-refractivity contribution in [1.29, 1.82) is 0 Å². The molecule has 2 aliphatic carbocycles. The number of hydrogen-bond acceptors (Lipinski definition) is 4. The number of benzene rings is 2. The van der Waals surface area contributed by atoms with Crippen molar-refractivity contribution in [1.82, 2.24) is 4.90 Å². The van der Waals surface area contributed by atoms with Gasteiger partial charge in [-0.05, 0) is 86.3 Å². The maximum atomic E-state index is 14.6. The summed E-state index contributed by atoms with van der Waals surface area (Å²) in [5.74, 6) is -0.0392. The Labute approximate surface area is 234 Å². The predicted molar refractivity (Wildman–Crippen MR) is 149 cm³/mol. The third kappa shape index (κ3) is 5.03. The summed E-state index contributed by atoms with van der Waals surface area (Å²) in [6, 6.07) is 14.5. The molecule has 1 aliphatic heterocycles. The van der Waals surface area contributed by atoms with E-state index in [1.807, 2.05) is 60.4 Å². The molecule has 0 bridgehead atoms. The Morgan fingerprint density at radius 3 is 2.29 bits per heavy atom. The lowest BCUT2D eigenvalue weighted by molar-refractivity contribution is -0.158. The zero-order valence-electron chi connectivity index (χ0n) is 21.5. The Balaban J connectivity index is 1.70. The highest BCUT2D eigenvalue weighted by molar-refractivity contribution is 7.90. The van der Waals surface area contributed by atoms with Gasteiger partial charge in [-0.25, -0.2) is 13.6 Å². The van der Waals surface area contributed by atoms with E-state index in [4.69, 9.17) is 28.3 Å². The highest BCUT2D eigenvalue weighted by Crippen LogP contribution is 2.58. The first kappa shape index (κ1) is 27.6. The molecule has 3 aliphatic rings. The second-order valence-corrected chi connectivity index (χ2v) is 14.2. The molecule has 2 aromatic carbocycles. The van der Waals surface area contributed by atoms with Crippen molar-refractivity contribution in [2.45, 2.75) is 81.0 Å². The molecular weight excluding hydrogens is 543 g/mol. The van der Waals surface area contributed by atoms with Crippen LogP contribution in [0.4, 0.5) is 0 Å². The lowest BCUT2D eigenvalue weighted by atomic mass is 9.65. The summed E-state index contributed by atoms with van der Waals surface area (Å²) < 4.78 is 24.3. The molecule has 2 saturated carbocycles. The molecular formula is C29H34Cl2N2O4S. The summed E-state index contributed by atoms with van der Waals surface area (Å²) in [5.41, 5.74) is 1.03. The summed E-state index contributed by atoms with van der Waals surface area (Å²) in [5, 5.41) is 6.92. The van der Waals surface area contributed by atoms with Crippen LogP contribution in [-0.2, 0) is 19.6 Å². The van der Waals surface area contributed by atoms with Crippen LogP contribution in [0.1, 0.15) is 81.4 Å². The fraction of sp³-hybridized carbons (Fsp3) is 0.517. The number of nitrogens with zero attached hydrogens (tertiary/aromatic N) is 1. The maximum absolute atomic E-state index is 14.6. The normalized spacial score (nSPS) is 27.7. The van der Waals surface area contributed by atoms with Gasteiger partial charge in [0.15, 0.2) is 0 Å². The molecule has 1 amide bonds. The minimum absolute atomic E-state index is 0.0764. The molecule has 0 unspecified atom stereocenters.